The van der Waals surface area contributed by atoms with E-state index in [1.807, 2.05) is 17.7 Å². The largest absolute Gasteiger partial charge is 0.373 e. The molecule has 1 aromatic carbocycles. The molecule has 1 N–H and O–H groups in total. The van der Waals surface area contributed by atoms with Crippen molar-refractivity contribution in [3.8, 4) is 6.07 Å². The van der Waals surface area contributed by atoms with Crippen LogP contribution >= 0.6 is 0 Å². The van der Waals surface area contributed by atoms with Gasteiger partial charge < -0.3 is 14.6 Å². The molecule has 2 aromatic rings. The zero-order chi connectivity index (χ0) is 19.4. The van der Waals surface area contributed by atoms with Crippen molar-refractivity contribution >= 4 is 0 Å². The number of hydrogen-bond acceptors (Lipinski definition) is 4. The third-order valence-electron chi connectivity index (χ3n) is 5.39. The van der Waals surface area contributed by atoms with E-state index in [0.717, 1.165) is 38.4 Å². The van der Waals surface area contributed by atoms with Gasteiger partial charge in [0.25, 0.3) is 0 Å². The fraction of sp³-hybridized carbons (Fsp3) is 0.500. The molecule has 0 amide bonds. The number of nitrogens with one attached hydrogen (secondary N) is 1. The van der Waals surface area contributed by atoms with Crippen LogP contribution < -0.4 is 5.32 Å². The first-order valence-corrected chi connectivity index (χ1v) is 9.68. The van der Waals surface area contributed by atoms with Crippen LogP contribution in [0.5, 0.6) is 0 Å². The van der Waals surface area contributed by atoms with Crippen LogP contribution in [0.4, 0.5) is 0 Å². The smallest absolute Gasteiger partial charge is 0.120 e. The maximum absolute atomic E-state index is 9.18. The van der Waals surface area contributed by atoms with E-state index in [4.69, 9.17) is 4.74 Å². The van der Waals surface area contributed by atoms with Gasteiger partial charge in [-0.05, 0) is 43.5 Å². The van der Waals surface area contributed by atoms with Crippen molar-refractivity contribution in [2.75, 3.05) is 13.1 Å². The summed E-state index contributed by atoms with van der Waals surface area (Å²) < 4.78 is 7.80. The third kappa shape index (κ3) is 4.78. The number of aromatic nitrogens is 1. The van der Waals surface area contributed by atoms with Crippen LogP contribution in [0.3, 0.4) is 0 Å². The highest BCUT2D eigenvalue weighted by Crippen LogP contribution is 2.18. The normalized spacial score (nSPS) is 20.6. The molecule has 5 heteroatoms. The zero-order valence-electron chi connectivity index (χ0n) is 16.8. The minimum Gasteiger partial charge on any atom is -0.373 e. The van der Waals surface area contributed by atoms with Gasteiger partial charge in [-0.3, -0.25) is 4.90 Å². The summed E-state index contributed by atoms with van der Waals surface area (Å²) >= 11 is 0. The van der Waals surface area contributed by atoms with Crippen LogP contribution in [-0.2, 0) is 31.4 Å². The van der Waals surface area contributed by atoms with E-state index in [1.165, 1.54) is 16.7 Å². The Morgan fingerprint density at radius 1 is 1.11 bits per heavy atom. The van der Waals surface area contributed by atoms with Crippen molar-refractivity contribution in [2.24, 2.45) is 7.05 Å². The topological polar surface area (TPSA) is 53.2 Å². The molecule has 0 aliphatic carbocycles. The number of rotatable bonds is 6. The number of morpholine rings is 1. The molecule has 1 saturated heterocycles. The molecule has 27 heavy (non-hydrogen) atoms. The number of benzene rings is 1. The Labute approximate surface area is 162 Å². The van der Waals surface area contributed by atoms with E-state index in [1.54, 1.807) is 0 Å². The fourth-order valence-corrected chi connectivity index (χ4v) is 3.92. The highest BCUT2D eigenvalue weighted by atomic mass is 16.5. The van der Waals surface area contributed by atoms with Crippen molar-refractivity contribution in [2.45, 2.75) is 52.6 Å². The Morgan fingerprint density at radius 2 is 1.74 bits per heavy atom. The second kappa shape index (κ2) is 8.71. The fourth-order valence-electron chi connectivity index (χ4n) is 3.92. The molecular formula is C22H30N4O. The molecule has 0 spiro atoms. The molecule has 2 atom stereocenters. The van der Waals surface area contributed by atoms with E-state index < -0.39 is 0 Å². The predicted octanol–water partition coefficient (Wildman–Crippen LogP) is 3.10. The van der Waals surface area contributed by atoms with Crippen LogP contribution in [-0.4, -0.2) is 34.8 Å². The van der Waals surface area contributed by atoms with Gasteiger partial charge in [-0.2, -0.15) is 5.26 Å². The third-order valence-corrected chi connectivity index (χ3v) is 5.39. The van der Waals surface area contributed by atoms with Crippen molar-refractivity contribution < 1.29 is 4.74 Å². The minimum atomic E-state index is 0.287. The summed E-state index contributed by atoms with van der Waals surface area (Å²) in [5.74, 6) is 0. The Balaban J connectivity index is 1.62. The van der Waals surface area contributed by atoms with Crippen LogP contribution in [0.2, 0.25) is 0 Å². The lowest BCUT2D eigenvalue weighted by Gasteiger charge is -2.35. The molecule has 1 fully saturated rings. The van der Waals surface area contributed by atoms with E-state index in [0.29, 0.717) is 5.69 Å². The SMILES string of the molecule is Cc1c(CNCc2ccccc2CN2C[C@@H](C)O[C@@H](C)C2)cc(C#N)n1C. The van der Waals surface area contributed by atoms with Crippen LogP contribution in [0.15, 0.2) is 30.3 Å². The minimum absolute atomic E-state index is 0.287. The lowest BCUT2D eigenvalue weighted by molar-refractivity contribution is -0.0705. The highest BCUT2D eigenvalue weighted by Gasteiger charge is 2.22. The maximum Gasteiger partial charge on any atom is 0.120 e. The van der Waals surface area contributed by atoms with E-state index in [9.17, 15) is 5.26 Å². The Hall–Kier alpha value is -2.13. The van der Waals surface area contributed by atoms with Gasteiger partial charge >= 0.3 is 0 Å². The first kappa shape index (κ1) is 19.6. The molecular weight excluding hydrogens is 336 g/mol. The predicted molar refractivity (Wildman–Crippen MR) is 107 cm³/mol. The lowest BCUT2D eigenvalue weighted by Crippen LogP contribution is -2.45. The van der Waals surface area contributed by atoms with Crippen molar-refractivity contribution in [1.82, 2.24) is 14.8 Å². The summed E-state index contributed by atoms with van der Waals surface area (Å²) in [6.45, 7) is 10.9. The molecule has 0 bridgehead atoms. The summed E-state index contributed by atoms with van der Waals surface area (Å²) in [7, 11) is 1.94. The highest BCUT2D eigenvalue weighted by molar-refractivity contribution is 5.34. The zero-order valence-corrected chi connectivity index (χ0v) is 16.8. The Kier molecular flexibility index (Phi) is 6.33. The summed E-state index contributed by atoms with van der Waals surface area (Å²) in [5.41, 5.74) is 5.73. The van der Waals surface area contributed by atoms with E-state index >= 15 is 0 Å². The summed E-state index contributed by atoms with van der Waals surface area (Å²) in [6.07, 6.45) is 0.573. The molecule has 1 aliphatic rings. The monoisotopic (exact) mass is 366 g/mol. The van der Waals surface area contributed by atoms with Crippen LogP contribution in [0.1, 0.15) is 41.9 Å². The van der Waals surface area contributed by atoms with Gasteiger partial charge in [0.2, 0.25) is 0 Å². The van der Waals surface area contributed by atoms with E-state index in [-0.39, 0.29) is 12.2 Å². The number of hydrogen-bond donors (Lipinski definition) is 1. The lowest BCUT2D eigenvalue weighted by atomic mass is 10.1. The number of ether oxygens (including phenoxy) is 1. The summed E-state index contributed by atoms with van der Waals surface area (Å²) in [4.78, 5) is 2.48. The van der Waals surface area contributed by atoms with Gasteiger partial charge in [-0.1, -0.05) is 24.3 Å². The van der Waals surface area contributed by atoms with Crippen molar-refractivity contribution in [3.63, 3.8) is 0 Å². The number of nitriles is 1. The average Bonchev–Trinajstić information content (AvgIpc) is 2.90. The molecule has 1 aromatic heterocycles. The molecule has 0 saturated carbocycles. The average molecular weight is 367 g/mol. The van der Waals surface area contributed by atoms with Gasteiger partial charge in [0.15, 0.2) is 0 Å². The first-order valence-electron chi connectivity index (χ1n) is 9.68. The second-order valence-electron chi connectivity index (χ2n) is 7.63. The van der Waals surface area contributed by atoms with Gasteiger partial charge in [0.1, 0.15) is 11.8 Å². The standard InChI is InChI=1S/C22H30N4O/c1-16-13-26(14-17(2)27-16)15-20-8-6-5-7-19(20)11-24-12-21-9-22(10-23)25(4)18(21)3/h5-9,16-17,24H,11-15H2,1-4H3/t16-,17+. The summed E-state index contributed by atoms with van der Waals surface area (Å²) in [6, 6.07) is 12.9. The molecule has 5 nitrogen and oxygen atoms in total. The Bertz CT molecular complexity index is 810. The number of nitrogens with zero attached hydrogens (tertiary/aromatic N) is 3. The van der Waals surface area contributed by atoms with Crippen LogP contribution in [0.25, 0.3) is 0 Å². The van der Waals surface area contributed by atoms with Gasteiger partial charge in [-0.15, -0.1) is 0 Å². The van der Waals surface area contributed by atoms with Gasteiger partial charge in [0, 0.05) is 45.5 Å². The van der Waals surface area contributed by atoms with Crippen LogP contribution in [0, 0.1) is 18.3 Å². The maximum atomic E-state index is 9.18. The van der Waals surface area contributed by atoms with Crippen molar-refractivity contribution in [3.05, 3.63) is 58.4 Å². The van der Waals surface area contributed by atoms with Gasteiger partial charge in [0.05, 0.1) is 12.2 Å². The van der Waals surface area contributed by atoms with E-state index in [2.05, 4.69) is 61.3 Å². The first-order chi connectivity index (χ1) is 13.0. The van der Waals surface area contributed by atoms with Gasteiger partial charge in [-0.25, -0.2) is 0 Å². The Morgan fingerprint density at radius 3 is 2.37 bits per heavy atom. The molecule has 0 unspecified atom stereocenters. The van der Waals surface area contributed by atoms with Crippen molar-refractivity contribution in [1.29, 1.82) is 5.26 Å². The molecule has 144 valence electrons. The molecule has 1 aliphatic heterocycles. The molecule has 3 rings (SSSR count). The molecule has 0 radical (unpaired) electrons. The second-order valence-corrected chi connectivity index (χ2v) is 7.63. The molecule has 2 heterocycles. The summed E-state index contributed by atoms with van der Waals surface area (Å²) in [5, 5.41) is 12.7. The quantitative estimate of drug-likeness (QED) is 0.853.